The Morgan fingerprint density at radius 2 is 2.17 bits per heavy atom. The zero-order valence-corrected chi connectivity index (χ0v) is 11.6. The van der Waals surface area contributed by atoms with Crippen LogP contribution in [-0.4, -0.2) is 24.5 Å². The van der Waals surface area contributed by atoms with Crippen LogP contribution in [0, 0.1) is 6.92 Å². The van der Waals surface area contributed by atoms with E-state index in [2.05, 4.69) is 4.98 Å². The fourth-order valence-corrected chi connectivity index (χ4v) is 4.01. The van der Waals surface area contributed by atoms with Gasteiger partial charge < -0.3 is 5.11 Å². The van der Waals surface area contributed by atoms with Gasteiger partial charge in [-0.2, -0.15) is 0 Å². The van der Waals surface area contributed by atoms with Gasteiger partial charge in [-0.15, -0.1) is 22.7 Å². The van der Waals surface area contributed by atoms with Gasteiger partial charge in [0.1, 0.15) is 10.0 Å². The van der Waals surface area contributed by atoms with E-state index >= 15 is 0 Å². The zero-order chi connectivity index (χ0) is 13.3. The van der Waals surface area contributed by atoms with E-state index in [-0.39, 0.29) is 10.7 Å². The number of anilines is 2. The van der Waals surface area contributed by atoms with Crippen molar-refractivity contribution in [3.05, 3.63) is 28.2 Å². The second-order valence-electron chi connectivity index (χ2n) is 3.25. The number of carbonyl (C=O) groups is 1. The Morgan fingerprint density at radius 3 is 2.67 bits per heavy atom. The van der Waals surface area contributed by atoms with Crippen molar-refractivity contribution in [2.75, 3.05) is 4.31 Å². The number of aromatic nitrogens is 1. The Bertz CT molecular complexity index is 650. The van der Waals surface area contributed by atoms with Crippen LogP contribution in [0.15, 0.2) is 17.6 Å². The third kappa shape index (κ3) is 2.37. The van der Waals surface area contributed by atoms with E-state index in [1.165, 1.54) is 16.8 Å². The summed E-state index contributed by atoms with van der Waals surface area (Å²) in [6.45, 7) is 1.84. The maximum atomic E-state index is 11.3. The molecule has 2 heterocycles. The van der Waals surface area contributed by atoms with Crippen LogP contribution in [0.2, 0.25) is 0 Å². The topological polar surface area (TPSA) is 87.6 Å². The van der Waals surface area contributed by atoms with Gasteiger partial charge >= 0.3 is 5.97 Å². The largest absolute Gasteiger partial charge is 0.476 e. The second-order valence-corrected chi connectivity index (χ2v) is 6.22. The number of thiazole rings is 1. The SMILES string of the molecule is Cc1ccc(N(c2scnc2C(=O)O)[SH](=O)=O)s1. The summed E-state index contributed by atoms with van der Waals surface area (Å²) in [4.78, 5) is 15.6. The fourth-order valence-electron chi connectivity index (χ4n) is 1.33. The maximum absolute atomic E-state index is 11.3. The molecule has 1 N–H and O–H groups in total. The summed E-state index contributed by atoms with van der Waals surface area (Å²) < 4.78 is 23.7. The Morgan fingerprint density at radius 1 is 1.44 bits per heavy atom. The average molecular weight is 304 g/mol. The minimum absolute atomic E-state index is 0.0976. The van der Waals surface area contributed by atoms with Crippen LogP contribution in [0.4, 0.5) is 10.0 Å². The molecule has 0 aliphatic heterocycles. The maximum Gasteiger partial charge on any atom is 0.357 e. The summed E-state index contributed by atoms with van der Waals surface area (Å²) in [6.07, 6.45) is 0. The molecule has 0 saturated carbocycles. The Kier molecular flexibility index (Phi) is 3.64. The summed E-state index contributed by atoms with van der Waals surface area (Å²) in [5, 5.41) is 9.51. The van der Waals surface area contributed by atoms with Crippen LogP contribution >= 0.6 is 22.7 Å². The highest BCUT2D eigenvalue weighted by molar-refractivity contribution is 7.75. The third-order valence-corrected chi connectivity index (χ3v) is 4.85. The summed E-state index contributed by atoms with van der Waals surface area (Å²) >= 11 is 2.25. The van der Waals surface area contributed by atoms with Crippen molar-refractivity contribution in [1.29, 1.82) is 0 Å². The van der Waals surface area contributed by atoms with E-state index in [0.717, 1.165) is 20.5 Å². The summed E-state index contributed by atoms with van der Waals surface area (Å²) in [5.74, 6) is -1.25. The molecule has 0 saturated heterocycles. The van der Waals surface area contributed by atoms with Crippen LogP contribution < -0.4 is 4.31 Å². The predicted molar refractivity (Wildman–Crippen MR) is 70.6 cm³/mol. The molecule has 0 bridgehead atoms. The van der Waals surface area contributed by atoms with Gasteiger partial charge in [0, 0.05) is 4.88 Å². The van der Waals surface area contributed by atoms with Gasteiger partial charge in [0.05, 0.1) is 5.51 Å². The number of thiophene rings is 1. The number of hydrogen-bond donors (Lipinski definition) is 2. The highest BCUT2D eigenvalue weighted by atomic mass is 32.2. The van der Waals surface area contributed by atoms with Crippen LogP contribution in [0.5, 0.6) is 0 Å². The van der Waals surface area contributed by atoms with Gasteiger partial charge in [-0.1, -0.05) is 0 Å². The van der Waals surface area contributed by atoms with Gasteiger partial charge in [-0.3, -0.25) is 0 Å². The molecule has 0 aromatic carbocycles. The van der Waals surface area contributed by atoms with Gasteiger partial charge in [0.25, 0.3) is 0 Å². The van der Waals surface area contributed by atoms with E-state index in [9.17, 15) is 13.2 Å². The molecule has 0 fully saturated rings. The van der Waals surface area contributed by atoms with E-state index in [4.69, 9.17) is 5.11 Å². The third-order valence-electron chi connectivity index (χ3n) is 2.04. The molecule has 6 nitrogen and oxygen atoms in total. The molecule has 96 valence electrons. The molecule has 0 aliphatic carbocycles. The molecular weight excluding hydrogens is 296 g/mol. The first kappa shape index (κ1) is 13.0. The van der Waals surface area contributed by atoms with E-state index in [1.54, 1.807) is 12.1 Å². The van der Waals surface area contributed by atoms with E-state index in [0.29, 0.717) is 5.00 Å². The van der Waals surface area contributed by atoms with Crippen LogP contribution in [0.1, 0.15) is 15.4 Å². The Labute approximate surface area is 112 Å². The lowest BCUT2D eigenvalue weighted by molar-refractivity contribution is 0.0692. The van der Waals surface area contributed by atoms with Crippen molar-refractivity contribution < 1.29 is 18.3 Å². The first-order valence-corrected chi connectivity index (χ1v) is 7.51. The number of aromatic carboxylic acids is 1. The standard InChI is InChI=1S/C9H8N2O4S3/c1-5-2-3-6(17-5)11(18(14)15)8-7(9(12)13)10-4-16-8/h2-4,18H,1H3,(H,12,13). The fraction of sp³-hybridized carbons (Fsp3) is 0.111. The summed E-state index contributed by atoms with van der Waals surface area (Å²) in [7, 11) is -2.97. The van der Waals surface area contributed by atoms with Gasteiger partial charge in [0.2, 0.25) is 10.9 Å². The first-order valence-electron chi connectivity index (χ1n) is 4.68. The lowest BCUT2D eigenvalue weighted by Crippen LogP contribution is -2.15. The molecule has 0 amide bonds. The minimum atomic E-state index is -2.97. The number of nitrogens with zero attached hydrogens (tertiary/aromatic N) is 2. The van der Waals surface area contributed by atoms with Gasteiger partial charge in [-0.05, 0) is 19.1 Å². The number of carboxylic acid groups (broad SMARTS) is 1. The number of thiol groups is 1. The van der Waals surface area contributed by atoms with E-state index in [1.807, 2.05) is 6.92 Å². The molecule has 2 aromatic heterocycles. The summed E-state index contributed by atoms with van der Waals surface area (Å²) in [6, 6.07) is 3.41. The van der Waals surface area contributed by atoms with E-state index < -0.39 is 16.9 Å². The van der Waals surface area contributed by atoms with Crippen molar-refractivity contribution in [1.82, 2.24) is 4.98 Å². The molecule has 2 aromatic rings. The molecule has 0 unspecified atom stereocenters. The highest BCUT2D eigenvalue weighted by Crippen LogP contribution is 2.36. The van der Waals surface area contributed by atoms with Crippen molar-refractivity contribution in [2.24, 2.45) is 0 Å². The zero-order valence-electron chi connectivity index (χ0n) is 9.06. The molecule has 0 spiro atoms. The van der Waals surface area contributed by atoms with Gasteiger partial charge in [0.15, 0.2) is 5.69 Å². The molecule has 9 heteroatoms. The molecule has 0 aliphatic rings. The summed E-state index contributed by atoms with van der Waals surface area (Å²) in [5.41, 5.74) is 1.05. The normalized spacial score (nSPS) is 10.8. The first-order chi connectivity index (χ1) is 8.50. The van der Waals surface area contributed by atoms with Crippen molar-refractivity contribution in [3.8, 4) is 0 Å². The average Bonchev–Trinajstić information content (AvgIpc) is 2.88. The second kappa shape index (κ2) is 5.04. The quantitative estimate of drug-likeness (QED) is 0.842. The molecular formula is C9H8N2O4S3. The number of carboxylic acids is 1. The van der Waals surface area contributed by atoms with Crippen LogP contribution in [0.25, 0.3) is 0 Å². The van der Waals surface area contributed by atoms with Crippen molar-refractivity contribution in [2.45, 2.75) is 6.92 Å². The monoisotopic (exact) mass is 304 g/mol. The molecule has 0 atom stereocenters. The highest BCUT2D eigenvalue weighted by Gasteiger charge is 2.23. The van der Waals surface area contributed by atoms with Gasteiger partial charge in [-0.25, -0.2) is 22.5 Å². The predicted octanol–water partition coefficient (Wildman–Crippen LogP) is 1.88. The number of hydrogen-bond acceptors (Lipinski definition) is 6. The molecule has 0 radical (unpaired) electrons. The smallest absolute Gasteiger partial charge is 0.357 e. The Balaban J connectivity index is 2.55. The molecule has 2 rings (SSSR count). The lowest BCUT2D eigenvalue weighted by atomic mass is 10.4. The number of aryl methyl sites for hydroxylation is 1. The van der Waals surface area contributed by atoms with Crippen LogP contribution in [0.3, 0.4) is 0 Å². The minimum Gasteiger partial charge on any atom is -0.476 e. The lowest BCUT2D eigenvalue weighted by Gasteiger charge is -2.13. The van der Waals surface area contributed by atoms with Crippen molar-refractivity contribution >= 4 is 49.5 Å². The molecule has 18 heavy (non-hydrogen) atoms. The Hall–Kier alpha value is -1.45. The van der Waals surface area contributed by atoms with Crippen molar-refractivity contribution in [3.63, 3.8) is 0 Å². The van der Waals surface area contributed by atoms with Crippen LogP contribution in [-0.2, 0) is 10.9 Å². The number of rotatable bonds is 4.